The molecule has 1 amide bonds. The number of carbonyl (C=O) groups excluding carboxylic acids is 1. The lowest BCUT2D eigenvalue weighted by atomic mass is 10.1. The summed E-state index contributed by atoms with van der Waals surface area (Å²) >= 11 is 5.97. The van der Waals surface area contributed by atoms with Gasteiger partial charge in [0.2, 0.25) is 5.88 Å². The Morgan fingerprint density at radius 3 is 2.83 bits per heavy atom. The number of carbonyl (C=O) groups is 1. The maximum atomic E-state index is 12.4. The highest BCUT2D eigenvalue weighted by Gasteiger charge is 2.34. The summed E-state index contributed by atoms with van der Waals surface area (Å²) in [5.74, 6) is 0.0762. The minimum atomic E-state index is -0.489. The number of hydrogen-bond acceptors (Lipinski definition) is 5. The standard InChI is InChI=1S/C16H14ClN3O4/c1-10-4-5-11(7-14(10)20(22)23)16(21)19-8-12(9-19)24-15-13(17)3-2-6-18-15/h2-7,12H,8-9H2,1H3. The predicted octanol–water partition coefficient (Wildman–Crippen LogP) is 2.86. The molecule has 0 aliphatic carbocycles. The Morgan fingerprint density at radius 1 is 1.42 bits per heavy atom. The van der Waals surface area contributed by atoms with Crippen LogP contribution in [0.15, 0.2) is 36.5 Å². The second-order valence-corrected chi connectivity index (χ2v) is 5.91. The summed E-state index contributed by atoms with van der Waals surface area (Å²) in [6, 6.07) is 7.86. The molecule has 2 heterocycles. The van der Waals surface area contributed by atoms with Crippen LogP contribution in [0.3, 0.4) is 0 Å². The second-order valence-electron chi connectivity index (χ2n) is 5.50. The predicted molar refractivity (Wildman–Crippen MR) is 87.4 cm³/mol. The summed E-state index contributed by atoms with van der Waals surface area (Å²) in [4.78, 5) is 28.5. The number of nitrogens with zero attached hydrogens (tertiary/aromatic N) is 3. The van der Waals surface area contributed by atoms with Crippen LogP contribution in [0.4, 0.5) is 5.69 Å². The minimum absolute atomic E-state index is 0.0607. The van der Waals surface area contributed by atoms with E-state index in [1.807, 2.05) is 0 Å². The van der Waals surface area contributed by atoms with Gasteiger partial charge in [-0.15, -0.1) is 0 Å². The van der Waals surface area contributed by atoms with Gasteiger partial charge >= 0.3 is 0 Å². The molecule has 0 N–H and O–H groups in total. The third-order valence-electron chi connectivity index (χ3n) is 3.79. The van der Waals surface area contributed by atoms with E-state index < -0.39 is 4.92 Å². The average molecular weight is 348 g/mol. The molecule has 0 spiro atoms. The second kappa shape index (κ2) is 6.45. The number of halogens is 1. The lowest BCUT2D eigenvalue weighted by molar-refractivity contribution is -0.385. The van der Waals surface area contributed by atoms with E-state index in [0.717, 1.165) is 0 Å². The molecule has 2 aromatic rings. The Morgan fingerprint density at radius 2 is 2.17 bits per heavy atom. The van der Waals surface area contributed by atoms with Gasteiger partial charge in [0, 0.05) is 23.4 Å². The zero-order valence-corrected chi connectivity index (χ0v) is 13.6. The highest BCUT2D eigenvalue weighted by molar-refractivity contribution is 6.31. The average Bonchev–Trinajstić information content (AvgIpc) is 2.51. The van der Waals surface area contributed by atoms with Crippen LogP contribution in [0, 0.1) is 17.0 Å². The number of nitro groups is 1. The lowest BCUT2D eigenvalue weighted by Crippen LogP contribution is -2.56. The summed E-state index contributed by atoms with van der Waals surface area (Å²) in [6.45, 7) is 2.40. The molecule has 0 bridgehead atoms. The van der Waals surface area contributed by atoms with Crippen molar-refractivity contribution in [2.75, 3.05) is 13.1 Å². The normalized spacial score (nSPS) is 14.2. The number of nitro benzene ring substituents is 1. The molecule has 8 heteroatoms. The van der Waals surface area contributed by atoms with Crippen LogP contribution in [0.5, 0.6) is 5.88 Å². The first-order valence-electron chi connectivity index (χ1n) is 7.27. The van der Waals surface area contributed by atoms with E-state index in [-0.39, 0.29) is 17.7 Å². The molecule has 1 saturated heterocycles. The molecule has 1 aromatic heterocycles. The molecule has 7 nitrogen and oxygen atoms in total. The van der Waals surface area contributed by atoms with E-state index in [0.29, 0.717) is 35.1 Å². The number of aromatic nitrogens is 1. The van der Waals surface area contributed by atoms with Crippen LogP contribution in [0.2, 0.25) is 5.02 Å². The highest BCUT2D eigenvalue weighted by atomic mass is 35.5. The van der Waals surface area contributed by atoms with Crippen LogP contribution in [-0.2, 0) is 0 Å². The molecule has 0 unspecified atom stereocenters. The Labute approximate surface area is 143 Å². The van der Waals surface area contributed by atoms with Gasteiger partial charge in [0.05, 0.1) is 18.0 Å². The van der Waals surface area contributed by atoms with Crippen molar-refractivity contribution in [3.63, 3.8) is 0 Å². The quantitative estimate of drug-likeness (QED) is 0.627. The highest BCUT2D eigenvalue weighted by Crippen LogP contribution is 2.26. The van der Waals surface area contributed by atoms with Gasteiger partial charge in [-0.2, -0.15) is 0 Å². The summed E-state index contributed by atoms with van der Waals surface area (Å²) in [6.07, 6.45) is 1.38. The van der Waals surface area contributed by atoms with Crippen molar-refractivity contribution < 1.29 is 14.5 Å². The molecular formula is C16H14ClN3O4. The van der Waals surface area contributed by atoms with Crippen molar-refractivity contribution in [3.05, 3.63) is 62.8 Å². The van der Waals surface area contributed by atoms with Gasteiger partial charge in [0.15, 0.2) is 0 Å². The molecule has 0 saturated carbocycles. The Kier molecular flexibility index (Phi) is 4.35. The maximum Gasteiger partial charge on any atom is 0.273 e. The van der Waals surface area contributed by atoms with Gasteiger partial charge in [0.1, 0.15) is 11.1 Å². The number of likely N-dealkylation sites (tertiary alicyclic amines) is 1. The number of ether oxygens (including phenoxy) is 1. The summed E-state index contributed by atoms with van der Waals surface area (Å²) < 4.78 is 5.63. The molecule has 0 radical (unpaired) electrons. The molecule has 0 atom stereocenters. The third kappa shape index (κ3) is 3.16. The maximum absolute atomic E-state index is 12.4. The van der Waals surface area contributed by atoms with Crippen LogP contribution < -0.4 is 4.74 Å². The summed E-state index contributed by atoms with van der Waals surface area (Å²) in [5, 5.41) is 11.4. The number of benzene rings is 1. The molecule has 1 aliphatic rings. The number of pyridine rings is 1. The van der Waals surface area contributed by atoms with Gasteiger partial charge in [0.25, 0.3) is 11.6 Å². The van der Waals surface area contributed by atoms with E-state index in [1.165, 1.54) is 6.07 Å². The van der Waals surface area contributed by atoms with Crippen LogP contribution in [-0.4, -0.2) is 39.9 Å². The van der Waals surface area contributed by atoms with E-state index >= 15 is 0 Å². The molecule has 124 valence electrons. The van der Waals surface area contributed by atoms with Crippen LogP contribution in [0.25, 0.3) is 0 Å². The van der Waals surface area contributed by atoms with Crippen molar-refractivity contribution in [2.24, 2.45) is 0 Å². The van der Waals surface area contributed by atoms with Crippen molar-refractivity contribution in [1.82, 2.24) is 9.88 Å². The van der Waals surface area contributed by atoms with Gasteiger partial charge in [-0.3, -0.25) is 14.9 Å². The lowest BCUT2D eigenvalue weighted by Gasteiger charge is -2.38. The van der Waals surface area contributed by atoms with Gasteiger partial charge in [-0.1, -0.05) is 17.7 Å². The fraction of sp³-hybridized carbons (Fsp3) is 0.250. The van der Waals surface area contributed by atoms with Crippen molar-refractivity contribution in [1.29, 1.82) is 0 Å². The van der Waals surface area contributed by atoms with Crippen molar-refractivity contribution in [3.8, 4) is 5.88 Å². The summed E-state index contributed by atoms with van der Waals surface area (Å²) in [5.41, 5.74) is 0.752. The van der Waals surface area contributed by atoms with Gasteiger partial charge in [-0.25, -0.2) is 4.98 Å². The van der Waals surface area contributed by atoms with E-state index in [1.54, 1.807) is 42.3 Å². The first-order valence-corrected chi connectivity index (χ1v) is 7.65. The van der Waals surface area contributed by atoms with Gasteiger partial charge < -0.3 is 9.64 Å². The number of rotatable bonds is 4. The molecule has 1 aromatic carbocycles. The first-order chi connectivity index (χ1) is 11.5. The Hall–Kier alpha value is -2.67. The molecular weight excluding hydrogens is 334 g/mol. The van der Waals surface area contributed by atoms with Crippen LogP contribution >= 0.6 is 11.6 Å². The van der Waals surface area contributed by atoms with Crippen molar-refractivity contribution in [2.45, 2.75) is 13.0 Å². The smallest absolute Gasteiger partial charge is 0.273 e. The van der Waals surface area contributed by atoms with E-state index in [2.05, 4.69) is 4.98 Å². The number of amides is 1. The van der Waals surface area contributed by atoms with Crippen LogP contribution in [0.1, 0.15) is 15.9 Å². The minimum Gasteiger partial charge on any atom is -0.470 e. The third-order valence-corrected chi connectivity index (χ3v) is 4.08. The molecule has 1 fully saturated rings. The summed E-state index contributed by atoms with van der Waals surface area (Å²) in [7, 11) is 0. The SMILES string of the molecule is Cc1ccc(C(=O)N2CC(Oc3ncccc3Cl)C2)cc1[N+](=O)[O-]. The van der Waals surface area contributed by atoms with E-state index in [4.69, 9.17) is 16.3 Å². The van der Waals surface area contributed by atoms with E-state index in [9.17, 15) is 14.9 Å². The Balaban J connectivity index is 1.64. The monoisotopic (exact) mass is 347 g/mol. The van der Waals surface area contributed by atoms with Gasteiger partial charge in [-0.05, 0) is 25.1 Å². The zero-order chi connectivity index (χ0) is 17.3. The fourth-order valence-electron chi connectivity index (χ4n) is 2.42. The zero-order valence-electron chi connectivity index (χ0n) is 12.8. The molecule has 1 aliphatic heterocycles. The molecule has 3 rings (SSSR count). The Bertz CT molecular complexity index is 806. The fourth-order valence-corrected chi connectivity index (χ4v) is 2.58. The number of hydrogen-bond donors (Lipinski definition) is 0. The molecule has 24 heavy (non-hydrogen) atoms. The largest absolute Gasteiger partial charge is 0.470 e. The number of aryl methyl sites for hydroxylation is 1. The first kappa shape index (κ1) is 16.2. The van der Waals surface area contributed by atoms with Crippen molar-refractivity contribution >= 4 is 23.2 Å². The topological polar surface area (TPSA) is 85.6 Å².